The van der Waals surface area contributed by atoms with Gasteiger partial charge in [0.2, 0.25) is 0 Å². The first-order valence-corrected chi connectivity index (χ1v) is 5.44. The molecular formula is C11H19F2N3O. The maximum absolute atomic E-state index is 14.1. The van der Waals surface area contributed by atoms with Gasteiger partial charge in [0.25, 0.3) is 0 Å². The predicted molar refractivity (Wildman–Crippen MR) is 60.0 cm³/mol. The molecule has 0 aliphatic heterocycles. The van der Waals surface area contributed by atoms with Crippen molar-refractivity contribution in [2.75, 3.05) is 0 Å². The van der Waals surface area contributed by atoms with Gasteiger partial charge in [-0.3, -0.25) is 0 Å². The fourth-order valence-electron chi connectivity index (χ4n) is 1.15. The topological polar surface area (TPSA) is 50.9 Å². The van der Waals surface area contributed by atoms with E-state index in [1.54, 1.807) is 13.8 Å². The summed E-state index contributed by atoms with van der Waals surface area (Å²) in [5, 5.41) is 17.1. The van der Waals surface area contributed by atoms with E-state index in [2.05, 4.69) is 10.3 Å². The Labute approximate surface area is 99.6 Å². The van der Waals surface area contributed by atoms with Gasteiger partial charge in [0, 0.05) is 0 Å². The van der Waals surface area contributed by atoms with Crippen LogP contribution < -0.4 is 0 Å². The van der Waals surface area contributed by atoms with Crippen molar-refractivity contribution in [3.8, 4) is 0 Å². The fourth-order valence-corrected chi connectivity index (χ4v) is 1.15. The second-order valence-corrected chi connectivity index (χ2v) is 5.53. The Bertz CT molecular complexity index is 388. The van der Waals surface area contributed by atoms with Gasteiger partial charge in [-0.25, -0.2) is 13.5 Å². The van der Waals surface area contributed by atoms with Crippen LogP contribution in [0.3, 0.4) is 0 Å². The molecule has 1 heterocycles. The normalized spacial score (nSPS) is 16.9. The van der Waals surface area contributed by atoms with Crippen molar-refractivity contribution in [2.24, 2.45) is 0 Å². The highest BCUT2D eigenvalue weighted by molar-refractivity contribution is 5.03. The monoisotopic (exact) mass is 247 g/mol. The van der Waals surface area contributed by atoms with E-state index in [0.717, 1.165) is 0 Å². The SMILES string of the molecule is CC(C)(O)c1cn(CC(C)(F)C(C)(C)F)nn1. The summed E-state index contributed by atoms with van der Waals surface area (Å²) in [6.45, 7) is 6.39. The number of nitrogens with zero attached hydrogens (tertiary/aromatic N) is 3. The van der Waals surface area contributed by atoms with Gasteiger partial charge in [0.15, 0.2) is 5.67 Å². The largest absolute Gasteiger partial charge is 0.384 e. The maximum atomic E-state index is 14.1. The molecule has 1 rings (SSSR count). The lowest BCUT2D eigenvalue weighted by atomic mass is 9.91. The molecule has 0 aliphatic carbocycles. The van der Waals surface area contributed by atoms with Gasteiger partial charge in [-0.2, -0.15) is 0 Å². The first-order chi connectivity index (χ1) is 7.43. The summed E-state index contributed by atoms with van der Waals surface area (Å²) in [5.74, 6) is 0. The molecule has 0 bridgehead atoms. The molecule has 0 aromatic carbocycles. The van der Waals surface area contributed by atoms with Crippen LogP contribution in [0.4, 0.5) is 8.78 Å². The van der Waals surface area contributed by atoms with Gasteiger partial charge in [-0.15, -0.1) is 5.10 Å². The van der Waals surface area contributed by atoms with Gasteiger partial charge >= 0.3 is 0 Å². The van der Waals surface area contributed by atoms with Crippen LogP contribution in [0, 0.1) is 0 Å². The van der Waals surface area contributed by atoms with Crippen molar-refractivity contribution in [1.29, 1.82) is 0 Å². The Morgan fingerprint density at radius 1 is 1.24 bits per heavy atom. The van der Waals surface area contributed by atoms with Gasteiger partial charge < -0.3 is 5.11 Å². The van der Waals surface area contributed by atoms with Gasteiger partial charge in [-0.05, 0) is 34.6 Å². The molecule has 0 aliphatic rings. The molecule has 0 radical (unpaired) electrons. The number of halogens is 2. The van der Waals surface area contributed by atoms with E-state index in [1.807, 2.05) is 0 Å². The molecule has 1 N–H and O–H groups in total. The highest BCUT2D eigenvalue weighted by Gasteiger charge is 2.42. The van der Waals surface area contributed by atoms with Crippen LogP contribution in [0.2, 0.25) is 0 Å². The number of rotatable bonds is 4. The Morgan fingerprint density at radius 3 is 2.12 bits per heavy atom. The lowest BCUT2D eigenvalue weighted by Gasteiger charge is -2.30. The first-order valence-electron chi connectivity index (χ1n) is 5.44. The molecule has 4 nitrogen and oxygen atoms in total. The summed E-state index contributed by atoms with van der Waals surface area (Å²) in [6, 6.07) is 0. The highest BCUT2D eigenvalue weighted by Crippen LogP contribution is 2.31. The molecule has 6 heteroatoms. The average molecular weight is 247 g/mol. The minimum atomic E-state index is -2.06. The number of hydrogen-bond donors (Lipinski definition) is 1. The van der Waals surface area contributed by atoms with Crippen LogP contribution >= 0.6 is 0 Å². The zero-order valence-corrected chi connectivity index (χ0v) is 10.8. The standard InChI is InChI=1S/C11H19F2N3O/c1-9(2,17)8-6-16(15-14-8)7-11(5,13)10(3,4)12/h6,17H,7H2,1-5H3. The van der Waals surface area contributed by atoms with Crippen molar-refractivity contribution in [2.45, 2.75) is 58.1 Å². The number of hydrogen-bond acceptors (Lipinski definition) is 3. The van der Waals surface area contributed by atoms with Crippen LogP contribution in [-0.4, -0.2) is 31.4 Å². The van der Waals surface area contributed by atoms with Gasteiger partial charge in [-0.1, -0.05) is 5.21 Å². The van der Waals surface area contributed by atoms with Crippen molar-refractivity contribution in [1.82, 2.24) is 15.0 Å². The Morgan fingerprint density at radius 2 is 1.76 bits per heavy atom. The molecule has 1 unspecified atom stereocenters. The first kappa shape index (κ1) is 14.0. The maximum Gasteiger partial charge on any atom is 0.160 e. The Hall–Kier alpha value is -1.04. The van der Waals surface area contributed by atoms with Crippen LogP contribution in [0.5, 0.6) is 0 Å². The summed E-state index contributed by atoms with van der Waals surface area (Å²) in [6.07, 6.45) is 1.42. The van der Waals surface area contributed by atoms with Crippen molar-refractivity contribution < 1.29 is 13.9 Å². The van der Waals surface area contributed by atoms with Crippen LogP contribution in [-0.2, 0) is 12.1 Å². The van der Waals surface area contributed by atoms with Crippen LogP contribution in [0.15, 0.2) is 6.20 Å². The fraction of sp³-hybridized carbons (Fsp3) is 0.818. The third-order valence-corrected chi connectivity index (χ3v) is 2.86. The summed E-state index contributed by atoms with van der Waals surface area (Å²) < 4.78 is 28.9. The van der Waals surface area contributed by atoms with Gasteiger partial charge in [0.05, 0.1) is 12.7 Å². The lowest BCUT2D eigenvalue weighted by Crippen LogP contribution is -2.43. The molecule has 1 aromatic heterocycles. The van der Waals surface area contributed by atoms with E-state index in [-0.39, 0.29) is 6.54 Å². The zero-order chi connectivity index (χ0) is 13.5. The van der Waals surface area contributed by atoms with E-state index in [0.29, 0.717) is 5.69 Å². The quantitative estimate of drug-likeness (QED) is 0.885. The number of aromatic nitrogens is 3. The summed E-state index contributed by atoms with van der Waals surface area (Å²) in [4.78, 5) is 0. The van der Waals surface area contributed by atoms with Crippen molar-refractivity contribution >= 4 is 0 Å². The smallest absolute Gasteiger partial charge is 0.160 e. The molecule has 0 saturated carbocycles. The minimum Gasteiger partial charge on any atom is -0.384 e. The van der Waals surface area contributed by atoms with E-state index in [1.165, 1.54) is 31.6 Å². The lowest BCUT2D eigenvalue weighted by molar-refractivity contribution is -0.0161. The Kier molecular flexibility index (Phi) is 3.31. The van der Waals surface area contributed by atoms with Gasteiger partial charge in [0.1, 0.15) is 17.0 Å². The van der Waals surface area contributed by atoms with Crippen LogP contribution in [0.1, 0.15) is 40.3 Å². The minimum absolute atomic E-state index is 0.250. The molecule has 0 fully saturated rings. The molecule has 0 spiro atoms. The second kappa shape index (κ2) is 4.01. The van der Waals surface area contributed by atoms with Crippen molar-refractivity contribution in [3.05, 3.63) is 11.9 Å². The van der Waals surface area contributed by atoms with E-state index < -0.39 is 16.9 Å². The van der Waals surface area contributed by atoms with Crippen molar-refractivity contribution in [3.63, 3.8) is 0 Å². The Balaban J connectivity index is 2.87. The third-order valence-electron chi connectivity index (χ3n) is 2.86. The number of alkyl halides is 2. The summed E-state index contributed by atoms with van der Waals surface area (Å²) in [7, 11) is 0. The molecule has 0 amide bonds. The second-order valence-electron chi connectivity index (χ2n) is 5.53. The van der Waals surface area contributed by atoms with E-state index >= 15 is 0 Å². The molecule has 1 aromatic rings. The summed E-state index contributed by atoms with van der Waals surface area (Å²) >= 11 is 0. The van der Waals surface area contributed by atoms with E-state index in [4.69, 9.17) is 0 Å². The summed E-state index contributed by atoms with van der Waals surface area (Å²) in [5.41, 5.74) is -4.85. The van der Waals surface area contributed by atoms with Crippen LogP contribution in [0.25, 0.3) is 0 Å². The molecule has 1 atom stereocenters. The predicted octanol–water partition coefficient (Wildman–Crippen LogP) is 1.98. The zero-order valence-electron chi connectivity index (χ0n) is 10.8. The molecule has 0 saturated heterocycles. The molecule has 17 heavy (non-hydrogen) atoms. The molecule has 98 valence electrons. The van der Waals surface area contributed by atoms with E-state index in [9.17, 15) is 13.9 Å². The number of aliphatic hydroxyl groups is 1. The highest BCUT2D eigenvalue weighted by atomic mass is 19.2. The third kappa shape index (κ3) is 3.21. The average Bonchev–Trinajstić information content (AvgIpc) is 2.48. The molecular weight excluding hydrogens is 228 g/mol.